The third kappa shape index (κ3) is 4.34. The molecule has 0 radical (unpaired) electrons. The van der Waals surface area contributed by atoms with Crippen LogP contribution in [0.15, 0.2) is 28.7 Å². The minimum atomic E-state index is -0.0165. The monoisotopic (exact) mass is 288 g/mol. The van der Waals surface area contributed by atoms with E-state index in [9.17, 15) is 4.79 Å². The average Bonchev–Trinajstić information content (AvgIpc) is 2.77. The Morgan fingerprint density at radius 2 is 2.19 bits per heavy atom. The van der Waals surface area contributed by atoms with Crippen LogP contribution in [0, 0.1) is 13.8 Å². The Morgan fingerprint density at radius 1 is 1.38 bits per heavy atom. The quantitative estimate of drug-likeness (QED) is 0.885. The molecule has 0 saturated heterocycles. The van der Waals surface area contributed by atoms with Gasteiger partial charge in [-0.15, -0.1) is 0 Å². The summed E-state index contributed by atoms with van der Waals surface area (Å²) in [6, 6.07) is 7.51. The average molecular weight is 288 g/mol. The molecule has 0 atom stereocenters. The molecule has 5 heteroatoms. The zero-order valence-corrected chi connectivity index (χ0v) is 12.6. The number of nitrogens with one attached hydrogen (secondary N) is 1. The van der Waals surface area contributed by atoms with Crippen molar-refractivity contribution in [3.8, 4) is 5.75 Å². The van der Waals surface area contributed by atoms with E-state index in [1.165, 1.54) is 0 Å². The van der Waals surface area contributed by atoms with Gasteiger partial charge in [0.15, 0.2) is 5.89 Å². The van der Waals surface area contributed by atoms with E-state index in [1.807, 2.05) is 38.1 Å². The number of methoxy groups -OCH3 is 1. The lowest BCUT2D eigenvalue weighted by molar-refractivity contribution is -0.120. The van der Waals surface area contributed by atoms with E-state index < -0.39 is 0 Å². The first-order valence-corrected chi connectivity index (χ1v) is 6.91. The van der Waals surface area contributed by atoms with Gasteiger partial charge in [-0.05, 0) is 24.6 Å². The molecule has 112 valence electrons. The number of ether oxygens (including phenoxy) is 1. The van der Waals surface area contributed by atoms with Gasteiger partial charge in [-0.25, -0.2) is 4.98 Å². The predicted molar refractivity (Wildman–Crippen MR) is 79.4 cm³/mol. The highest BCUT2D eigenvalue weighted by Gasteiger charge is 2.08. The molecule has 5 nitrogen and oxygen atoms in total. The molecule has 0 spiro atoms. The number of hydrogen-bond acceptors (Lipinski definition) is 4. The number of nitrogens with zero attached hydrogens (tertiary/aromatic N) is 1. The summed E-state index contributed by atoms with van der Waals surface area (Å²) in [5.74, 6) is 2.23. The molecular formula is C16H20N2O3. The van der Waals surface area contributed by atoms with Crippen LogP contribution in [0.1, 0.15) is 22.9 Å². The van der Waals surface area contributed by atoms with Crippen LogP contribution in [-0.4, -0.2) is 24.5 Å². The summed E-state index contributed by atoms with van der Waals surface area (Å²) in [7, 11) is 1.61. The fourth-order valence-corrected chi connectivity index (χ4v) is 2.15. The summed E-state index contributed by atoms with van der Waals surface area (Å²) in [5.41, 5.74) is 1.81. The second-order valence-corrected chi connectivity index (χ2v) is 4.87. The topological polar surface area (TPSA) is 64.4 Å². The molecule has 2 rings (SSSR count). The fourth-order valence-electron chi connectivity index (χ4n) is 2.15. The molecule has 2 aromatic rings. The van der Waals surface area contributed by atoms with Crippen molar-refractivity contribution in [2.45, 2.75) is 26.7 Å². The smallest absolute Gasteiger partial charge is 0.224 e. The number of amides is 1. The first-order chi connectivity index (χ1) is 10.1. The maximum Gasteiger partial charge on any atom is 0.224 e. The Labute approximate surface area is 124 Å². The van der Waals surface area contributed by atoms with Crippen LogP contribution in [0.3, 0.4) is 0 Å². The van der Waals surface area contributed by atoms with Crippen molar-refractivity contribution in [3.63, 3.8) is 0 Å². The highest BCUT2D eigenvalue weighted by molar-refractivity contribution is 5.78. The van der Waals surface area contributed by atoms with Crippen molar-refractivity contribution in [2.24, 2.45) is 0 Å². The molecule has 0 bridgehead atoms. The Morgan fingerprint density at radius 3 is 2.86 bits per heavy atom. The molecule has 21 heavy (non-hydrogen) atoms. The van der Waals surface area contributed by atoms with Crippen molar-refractivity contribution in [1.29, 1.82) is 0 Å². The number of aryl methyl sites for hydroxylation is 2. The standard InChI is InChI=1S/C16H20N2O3/c1-11-15(21-12(2)18-11)7-8-17-16(19)10-13-5-4-6-14(9-13)20-3/h4-6,9H,7-8,10H2,1-3H3,(H,17,19). The first-order valence-electron chi connectivity index (χ1n) is 6.91. The highest BCUT2D eigenvalue weighted by Crippen LogP contribution is 2.13. The van der Waals surface area contributed by atoms with Crippen LogP contribution < -0.4 is 10.1 Å². The van der Waals surface area contributed by atoms with Crippen LogP contribution in [0.25, 0.3) is 0 Å². The number of oxazole rings is 1. The SMILES string of the molecule is COc1cccc(CC(=O)NCCc2oc(C)nc2C)c1. The van der Waals surface area contributed by atoms with Crippen molar-refractivity contribution >= 4 is 5.91 Å². The number of aromatic nitrogens is 1. The molecule has 1 N–H and O–H groups in total. The molecule has 0 aliphatic heterocycles. The third-order valence-corrected chi connectivity index (χ3v) is 3.17. The normalized spacial score (nSPS) is 10.4. The largest absolute Gasteiger partial charge is 0.497 e. The van der Waals surface area contributed by atoms with Gasteiger partial charge in [0.05, 0.1) is 19.2 Å². The van der Waals surface area contributed by atoms with Crippen molar-refractivity contribution in [1.82, 2.24) is 10.3 Å². The second-order valence-electron chi connectivity index (χ2n) is 4.87. The summed E-state index contributed by atoms with van der Waals surface area (Å²) >= 11 is 0. The van der Waals surface area contributed by atoms with Crippen molar-refractivity contribution in [3.05, 3.63) is 47.2 Å². The number of rotatable bonds is 6. The molecule has 0 unspecified atom stereocenters. The van der Waals surface area contributed by atoms with E-state index in [0.29, 0.717) is 25.3 Å². The Bertz CT molecular complexity index is 620. The number of carbonyl (C=O) groups excluding carboxylic acids is 1. The van der Waals surface area contributed by atoms with Crippen LogP contribution in [0.5, 0.6) is 5.75 Å². The Balaban J connectivity index is 1.80. The molecular weight excluding hydrogens is 268 g/mol. The molecule has 1 aromatic heterocycles. The summed E-state index contributed by atoms with van der Waals surface area (Å²) in [6.07, 6.45) is 0.988. The second kappa shape index (κ2) is 6.92. The zero-order valence-electron chi connectivity index (χ0n) is 12.6. The van der Waals surface area contributed by atoms with E-state index in [1.54, 1.807) is 7.11 Å². The lowest BCUT2D eigenvalue weighted by Gasteiger charge is -2.06. The number of hydrogen-bond donors (Lipinski definition) is 1. The number of carbonyl (C=O) groups is 1. The van der Waals surface area contributed by atoms with Gasteiger partial charge in [0.2, 0.25) is 5.91 Å². The maximum atomic E-state index is 11.9. The van der Waals surface area contributed by atoms with Crippen LogP contribution in [0.4, 0.5) is 0 Å². The van der Waals surface area contributed by atoms with Gasteiger partial charge in [-0.2, -0.15) is 0 Å². The minimum absolute atomic E-state index is 0.0165. The fraction of sp³-hybridized carbons (Fsp3) is 0.375. The van der Waals surface area contributed by atoms with Crippen molar-refractivity contribution < 1.29 is 13.9 Å². The van der Waals surface area contributed by atoms with Gasteiger partial charge >= 0.3 is 0 Å². The van der Waals surface area contributed by atoms with Crippen LogP contribution >= 0.6 is 0 Å². The van der Waals surface area contributed by atoms with Gasteiger partial charge in [-0.3, -0.25) is 4.79 Å². The van der Waals surface area contributed by atoms with Crippen LogP contribution in [0.2, 0.25) is 0 Å². The van der Waals surface area contributed by atoms with E-state index in [4.69, 9.17) is 9.15 Å². The summed E-state index contributed by atoms with van der Waals surface area (Å²) in [4.78, 5) is 16.1. The minimum Gasteiger partial charge on any atom is -0.497 e. The molecule has 0 fully saturated rings. The zero-order chi connectivity index (χ0) is 15.2. The van der Waals surface area contributed by atoms with E-state index >= 15 is 0 Å². The lowest BCUT2D eigenvalue weighted by Crippen LogP contribution is -2.27. The van der Waals surface area contributed by atoms with Gasteiger partial charge in [-0.1, -0.05) is 12.1 Å². The molecule has 0 saturated carbocycles. The third-order valence-electron chi connectivity index (χ3n) is 3.17. The first kappa shape index (κ1) is 15.1. The maximum absolute atomic E-state index is 11.9. The van der Waals surface area contributed by atoms with E-state index in [2.05, 4.69) is 10.3 Å². The summed E-state index contributed by atoms with van der Waals surface area (Å²) < 4.78 is 10.6. The summed E-state index contributed by atoms with van der Waals surface area (Å²) in [5, 5.41) is 2.89. The van der Waals surface area contributed by atoms with E-state index in [-0.39, 0.29) is 5.91 Å². The highest BCUT2D eigenvalue weighted by atomic mass is 16.5. The molecule has 1 amide bonds. The summed E-state index contributed by atoms with van der Waals surface area (Å²) in [6.45, 7) is 4.26. The van der Waals surface area contributed by atoms with Gasteiger partial charge < -0.3 is 14.5 Å². The Kier molecular flexibility index (Phi) is 4.98. The van der Waals surface area contributed by atoms with E-state index in [0.717, 1.165) is 22.8 Å². The van der Waals surface area contributed by atoms with Gasteiger partial charge in [0.25, 0.3) is 0 Å². The molecule has 0 aliphatic carbocycles. The predicted octanol–water partition coefficient (Wildman–Crippen LogP) is 2.20. The lowest BCUT2D eigenvalue weighted by atomic mass is 10.1. The molecule has 1 heterocycles. The van der Waals surface area contributed by atoms with Gasteiger partial charge in [0, 0.05) is 19.9 Å². The van der Waals surface area contributed by atoms with Crippen molar-refractivity contribution in [2.75, 3.05) is 13.7 Å². The van der Waals surface area contributed by atoms with Crippen LogP contribution in [-0.2, 0) is 17.6 Å². The number of benzene rings is 1. The Hall–Kier alpha value is -2.30. The molecule has 0 aliphatic rings. The van der Waals surface area contributed by atoms with Gasteiger partial charge in [0.1, 0.15) is 11.5 Å². The molecule has 1 aromatic carbocycles.